The first-order valence-electron chi connectivity index (χ1n) is 10.8. The van der Waals surface area contributed by atoms with Gasteiger partial charge in [-0.1, -0.05) is 12.1 Å². The summed E-state index contributed by atoms with van der Waals surface area (Å²) in [6.07, 6.45) is 4.16. The average molecular weight is 435 g/mol. The van der Waals surface area contributed by atoms with Gasteiger partial charge in [0.1, 0.15) is 5.82 Å². The quantitative estimate of drug-likeness (QED) is 0.547. The minimum absolute atomic E-state index is 0.179. The van der Waals surface area contributed by atoms with Gasteiger partial charge in [0.15, 0.2) is 11.5 Å². The molecule has 3 aromatic rings. The van der Waals surface area contributed by atoms with E-state index in [-0.39, 0.29) is 23.0 Å². The van der Waals surface area contributed by atoms with Gasteiger partial charge in [0.05, 0.1) is 11.6 Å². The molecule has 10 heteroatoms. The third-order valence-electron chi connectivity index (χ3n) is 6.41. The Labute approximate surface area is 185 Å². The molecule has 0 aliphatic carbocycles. The average Bonchev–Trinajstić information content (AvgIpc) is 3.43. The van der Waals surface area contributed by atoms with Crippen molar-refractivity contribution < 1.29 is 9.21 Å². The van der Waals surface area contributed by atoms with E-state index < -0.39 is 0 Å². The molecule has 10 nitrogen and oxygen atoms in total. The molecule has 2 aliphatic rings. The van der Waals surface area contributed by atoms with Crippen LogP contribution in [0.2, 0.25) is 0 Å². The monoisotopic (exact) mass is 434 g/mol. The molecule has 0 atom stereocenters. The van der Waals surface area contributed by atoms with Gasteiger partial charge < -0.3 is 25.7 Å². The number of nitrogens with one attached hydrogen (secondary N) is 2. The lowest BCUT2D eigenvalue weighted by molar-refractivity contribution is -0.128. The Morgan fingerprint density at radius 3 is 2.59 bits per heavy atom. The molecular weight excluding hydrogens is 408 g/mol. The molecule has 2 saturated heterocycles. The molecule has 5 rings (SSSR count). The standard InChI is InChI=1S/C22H26N8O2/c1-24-12-14-2-4-15(5-3-14)19-28-29-20(32-19)17-18(23)26-13-16(27-17)30-10-7-22(8-11-30)6-9-25-21(22)31/h2-5,13,24H,6-12H2,1H3,(H2,23,26)(H,25,31). The molecule has 166 valence electrons. The van der Waals surface area contributed by atoms with Crippen LogP contribution in [0.4, 0.5) is 11.6 Å². The normalized spacial score (nSPS) is 17.7. The van der Waals surface area contributed by atoms with Crippen LogP contribution >= 0.6 is 0 Å². The predicted molar refractivity (Wildman–Crippen MR) is 119 cm³/mol. The number of rotatable bonds is 5. The number of piperidine rings is 1. The first-order valence-corrected chi connectivity index (χ1v) is 10.8. The minimum atomic E-state index is -0.231. The number of anilines is 2. The van der Waals surface area contributed by atoms with Crippen LogP contribution in [0, 0.1) is 5.41 Å². The molecule has 1 aromatic carbocycles. The highest BCUT2D eigenvalue weighted by Crippen LogP contribution is 2.39. The third kappa shape index (κ3) is 3.66. The highest BCUT2D eigenvalue weighted by atomic mass is 16.4. The molecule has 1 amide bonds. The van der Waals surface area contributed by atoms with Crippen molar-refractivity contribution in [2.75, 3.05) is 37.3 Å². The van der Waals surface area contributed by atoms with Gasteiger partial charge in [-0.05, 0) is 44.0 Å². The maximum Gasteiger partial charge on any atom is 0.270 e. The van der Waals surface area contributed by atoms with Crippen molar-refractivity contribution in [2.45, 2.75) is 25.8 Å². The van der Waals surface area contributed by atoms with E-state index in [4.69, 9.17) is 10.2 Å². The lowest BCUT2D eigenvalue weighted by atomic mass is 9.77. The summed E-state index contributed by atoms with van der Waals surface area (Å²) in [5.41, 5.74) is 8.21. The number of amides is 1. The Balaban J connectivity index is 1.35. The Kier molecular flexibility index (Phi) is 5.22. The zero-order valence-electron chi connectivity index (χ0n) is 18.0. The summed E-state index contributed by atoms with van der Waals surface area (Å²) in [6.45, 7) is 3.03. The minimum Gasteiger partial charge on any atom is -0.414 e. The zero-order chi connectivity index (χ0) is 22.1. The molecule has 2 aromatic heterocycles. The van der Waals surface area contributed by atoms with Gasteiger partial charge in [-0.2, -0.15) is 0 Å². The van der Waals surface area contributed by atoms with E-state index in [9.17, 15) is 4.79 Å². The topological polar surface area (TPSA) is 135 Å². The molecule has 32 heavy (non-hydrogen) atoms. The number of aromatic nitrogens is 4. The second-order valence-corrected chi connectivity index (χ2v) is 8.37. The van der Waals surface area contributed by atoms with Crippen LogP contribution in [0.15, 0.2) is 34.9 Å². The van der Waals surface area contributed by atoms with E-state index in [1.54, 1.807) is 6.20 Å². The van der Waals surface area contributed by atoms with Gasteiger partial charge in [-0.3, -0.25) is 4.79 Å². The van der Waals surface area contributed by atoms with Gasteiger partial charge in [0.25, 0.3) is 5.89 Å². The Morgan fingerprint density at radius 1 is 1.16 bits per heavy atom. The number of nitrogens with zero attached hydrogens (tertiary/aromatic N) is 5. The fraction of sp³-hybridized carbons (Fsp3) is 0.409. The van der Waals surface area contributed by atoms with Gasteiger partial charge in [0.2, 0.25) is 11.8 Å². The predicted octanol–water partition coefficient (Wildman–Crippen LogP) is 1.60. The summed E-state index contributed by atoms with van der Waals surface area (Å²) in [6, 6.07) is 7.91. The smallest absolute Gasteiger partial charge is 0.270 e. The SMILES string of the molecule is CNCc1ccc(-c2nnc(-c3nc(N4CCC5(CCNC5=O)CC4)cnc3N)o2)cc1. The van der Waals surface area contributed by atoms with Crippen LogP contribution in [0.25, 0.3) is 23.0 Å². The van der Waals surface area contributed by atoms with E-state index in [1.165, 1.54) is 0 Å². The van der Waals surface area contributed by atoms with E-state index in [0.29, 0.717) is 17.4 Å². The molecule has 0 bridgehead atoms. The summed E-state index contributed by atoms with van der Waals surface area (Å²) in [5.74, 6) is 1.73. The van der Waals surface area contributed by atoms with Crippen molar-refractivity contribution in [1.29, 1.82) is 0 Å². The van der Waals surface area contributed by atoms with Gasteiger partial charge in [-0.15, -0.1) is 10.2 Å². The van der Waals surface area contributed by atoms with Gasteiger partial charge in [0, 0.05) is 31.7 Å². The first-order chi connectivity index (χ1) is 15.6. The third-order valence-corrected chi connectivity index (χ3v) is 6.41. The Morgan fingerprint density at radius 2 is 1.91 bits per heavy atom. The van der Waals surface area contributed by atoms with Crippen molar-refractivity contribution in [3.8, 4) is 23.0 Å². The second-order valence-electron chi connectivity index (χ2n) is 8.37. The first kappa shape index (κ1) is 20.4. The lowest BCUT2D eigenvalue weighted by Crippen LogP contribution is -2.44. The summed E-state index contributed by atoms with van der Waals surface area (Å²) in [5, 5.41) is 14.4. The zero-order valence-corrected chi connectivity index (χ0v) is 18.0. The van der Waals surface area contributed by atoms with Crippen LogP contribution < -0.4 is 21.3 Å². The lowest BCUT2D eigenvalue weighted by Gasteiger charge is -2.37. The summed E-state index contributed by atoms with van der Waals surface area (Å²) in [4.78, 5) is 23.4. The molecule has 2 fully saturated rings. The van der Waals surface area contributed by atoms with Gasteiger partial charge >= 0.3 is 0 Å². The van der Waals surface area contributed by atoms with Gasteiger partial charge in [-0.25, -0.2) is 9.97 Å². The highest BCUT2D eigenvalue weighted by Gasteiger charge is 2.44. The molecule has 4 N–H and O–H groups in total. The van der Waals surface area contributed by atoms with E-state index in [0.717, 1.165) is 56.6 Å². The number of carbonyl (C=O) groups excluding carboxylic acids is 1. The van der Waals surface area contributed by atoms with E-state index in [2.05, 4.69) is 35.7 Å². The number of hydrogen-bond acceptors (Lipinski definition) is 9. The number of hydrogen-bond donors (Lipinski definition) is 3. The molecule has 0 saturated carbocycles. The largest absolute Gasteiger partial charge is 0.414 e. The number of nitrogen functional groups attached to an aromatic ring is 1. The fourth-order valence-electron chi connectivity index (χ4n) is 4.46. The maximum atomic E-state index is 12.2. The van der Waals surface area contributed by atoms with Crippen molar-refractivity contribution in [2.24, 2.45) is 5.41 Å². The Hall–Kier alpha value is -3.53. The van der Waals surface area contributed by atoms with Crippen LogP contribution in [0.3, 0.4) is 0 Å². The molecule has 0 radical (unpaired) electrons. The molecule has 0 unspecified atom stereocenters. The fourth-order valence-corrected chi connectivity index (χ4v) is 4.46. The summed E-state index contributed by atoms with van der Waals surface area (Å²) >= 11 is 0. The Bertz CT molecular complexity index is 1120. The molecule has 2 aliphatic heterocycles. The molecule has 4 heterocycles. The van der Waals surface area contributed by atoms with E-state index >= 15 is 0 Å². The summed E-state index contributed by atoms with van der Waals surface area (Å²) < 4.78 is 5.88. The highest BCUT2D eigenvalue weighted by molar-refractivity contribution is 5.85. The number of carbonyl (C=O) groups is 1. The van der Waals surface area contributed by atoms with Crippen LogP contribution in [0.1, 0.15) is 24.8 Å². The van der Waals surface area contributed by atoms with E-state index in [1.807, 2.05) is 31.3 Å². The molecule has 1 spiro atoms. The van der Waals surface area contributed by atoms with Crippen molar-refractivity contribution >= 4 is 17.5 Å². The second kappa shape index (κ2) is 8.19. The summed E-state index contributed by atoms with van der Waals surface area (Å²) in [7, 11) is 1.91. The van der Waals surface area contributed by atoms with Crippen LogP contribution in [0.5, 0.6) is 0 Å². The molecular formula is C22H26N8O2. The van der Waals surface area contributed by atoms with Crippen LogP contribution in [-0.2, 0) is 11.3 Å². The number of nitrogens with two attached hydrogens (primary N) is 1. The van der Waals surface area contributed by atoms with Crippen molar-refractivity contribution in [3.05, 3.63) is 36.0 Å². The van der Waals surface area contributed by atoms with Crippen LogP contribution in [-0.4, -0.2) is 52.8 Å². The van der Waals surface area contributed by atoms with Crippen molar-refractivity contribution in [1.82, 2.24) is 30.8 Å². The maximum absolute atomic E-state index is 12.2. The number of benzene rings is 1. The van der Waals surface area contributed by atoms with Crippen molar-refractivity contribution in [3.63, 3.8) is 0 Å².